The quantitative estimate of drug-likeness (QED) is 0.811. The fourth-order valence-electron chi connectivity index (χ4n) is 0.986. The molecule has 1 N–H and O–H groups in total. The van der Waals surface area contributed by atoms with Gasteiger partial charge in [-0.3, -0.25) is 4.79 Å². The number of anilines is 1. The van der Waals surface area contributed by atoms with Gasteiger partial charge in [0.2, 0.25) is 5.91 Å². The molecule has 0 fully saturated rings. The molecule has 0 unspecified atom stereocenters. The maximum absolute atomic E-state index is 13.1. The molecule has 82 valence electrons. The van der Waals surface area contributed by atoms with Crippen LogP contribution >= 0.6 is 0 Å². The topological polar surface area (TPSA) is 45.2 Å². The molecule has 0 saturated carbocycles. The number of aromatic nitrogens is 1. The summed E-state index contributed by atoms with van der Waals surface area (Å²) in [5.41, 5.74) is 0. The smallest absolute Gasteiger partial charge is 0.241 e. The molecule has 0 saturated heterocycles. The number of halogens is 1. The average Bonchev–Trinajstić information content (AvgIpc) is 2.26. The highest BCUT2D eigenvalue weighted by molar-refractivity contribution is 5.80. The third-order valence-corrected chi connectivity index (χ3v) is 2.07. The van der Waals surface area contributed by atoms with E-state index in [1.807, 2.05) is 6.92 Å². The molecular weight excluding hydrogens is 197 g/mol. The maximum Gasteiger partial charge on any atom is 0.241 e. The summed E-state index contributed by atoms with van der Waals surface area (Å²) in [6.45, 7) is 2.56. The average molecular weight is 211 g/mol. The molecule has 1 rings (SSSR count). The number of nitrogens with one attached hydrogen (secondary N) is 1. The van der Waals surface area contributed by atoms with Gasteiger partial charge in [-0.2, -0.15) is 0 Å². The van der Waals surface area contributed by atoms with Gasteiger partial charge in [0.1, 0.15) is 0 Å². The molecule has 0 aliphatic heterocycles. The summed E-state index contributed by atoms with van der Waals surface area (Å²) in [5, 5.41) is 2.65. The van der Waals surface area contributed by atoms with Crippen LogP contribution in [0, 0.1) is 5.82 Å². The van der Waals surface area contributed by atoms with E-state index in [0.717, 1.165) is 0 Å². The Morgan fingerprint density at radius 1 is 1.67 bits per heavy atom. The van der Waals surface area contributed by atoms with Crippen molar-refractivity contribution < 1.29 is 9.18 Å². The molecule has 0 atom stereocenters. The lowest BCUT2D eigenvalue weighted by atomic mass is 10.4. The van der Waals surface area contributed by atoms with Crippen LogP contribution in [0.3, 0.4) is 0 Å². The van der Waals surface area contributed by atoms with Gasteiger partial charge in [0, 0.05) is 19.8 Å². The van der Waals surface area contributed by atoms with Crippen LogP contribution in [-0.4, -0.2) is 35.9 Å². The van der Waals surface area contributed by atoms with Crippen LogP contribution in [0.2, 0.25) is 0 Å². The first kappa shape index (κ1) is 11.4. The van der Waals surface area contributed by atoms with Gasteiger partial charge in [-0.05, 0) is 19.1 Å². The van der Waals surface area contributed by atoms with Crippen molar-refractivity contribution in [2.75, 3.05) is 25.5 Å². The van der Waals surface area contributed by atoms with Gasteiger partial charge in [0.05, 0.1) is 6.54 Å². The standard InChI is InChI=1S/C10H14FN3O/c1-3-14(2)9(15)7-13-10-8(11)5-4-6-12-10/h4-6H,3,7H2,1-2H3,(H,12,13). The molecule has 0 aliphatic rings. The summed E-state index contributed by atoms with van der Waals surface area (Å²) in [4.78, 5) is 16.7. The van der Waals surface area contributed by atoms with Crippen molar-refractivity contribution in [1.82, 2.24) is 9.88 Å². The van der Waals surface area contributed by atoms with Gasteiger partial charge >= 0.3 is 0 Å². The van der Waals surface area contributed by atoms with Crippen LogP contribution in [0.5, 0.6) is 0 Å². The number of amides is 1. The van der Waals surface area contributed by atoms with Crippen LogP contribution in [0.4, 0.5) is 10.2 Å². The molecule has 5 heteroatoms. The van der Waals surface area contributed by atoms with Crippen molar-refractivity contribution in [1.29, 1.82) is 0 Å². The lowest BCUT2D eigenvalue weighted by Crippen LogP contribution is -2.32. The molecule has 0 bridgehead atoms. The van der Waals surface area contributed by atoms with Gasteiger partial charge in [-0.25, -0.2) is 9.37 Å². The largest absolute Gasteiger partial charge is 0.359 e. The number of hydrogen-bond acceptors (Lipinski definition) is 3. The van der Waals surface area contributed by atoms with E-state index in [9.17, 15) is 9.18 Å². The Morgan fingerprint density at radius 3 is 3.00 bits per heavy atom. The van der Waals surface area contributed by atoms with Crippen molar-refractivity contribution >= 4 is 11.7 Å². The summed E-state index contributed by atoms with van der Waals surface area (Å²) in [6.07, 6.45) is 1.47. The molecule has 4 nitrogen and oxygen atoms in total. The number of likely N-dealkylation sites (N-methyl/N-ethyl adjacent to an activating group) is 1. The van der Waals surface area contributed by atoms with Gasteiger partial charge in [0.25, 0.3) is 0 Å². The van der Waals surface area contributed by atoms with Crippen molar-refractivity contribution in [2.45, 2.75) is 6.92 Å². The maximum atomic E-state index is 13.1. The molecule has 0 aliphatic carbocycles. The number of hydrogen-bond donors (Lipinski definition) is 1. The minimum atomic E-state index is -0.454. The Morgan fingerprint density at radius 2 is 2.40 bits per heavy atom. The lowest BCUT2D eigenvalue weighted by Gasteiger charge is -2.14. The highest BCUT2D eigenvalue weighted by Crippen LogP contribution is 2.07. The number of nitrogens with zero attached hydrogens (tertiary/aromatic N) is 2. The fourth-order valence-corrected chi connectivity index (χ4v) is 0.986. The Hall–Kier alpha value is -1.65. The van der Waals surface area contributed by atoms with Crippen molar-refractivity contribution in [2.24, 2.45) is 0 Å². The molecule has 0 spiro atoms. The molecule has 1 heterocycles. The molecule has 15 heavy (non-hydrogen) atoms. The first-order valence-corrected chi connectivity index (χ1v) is 4.73. The molecule has 1 amide bonds. The van der Waals surface area contributed by atoms with E-state index in [0.29, 0.717) is 6.54 Å². The van der Waals surface area contributed by atoms with E-state index in [1.165, 1.54) is 18.3 Å². The summed E-state index contributed by atoms with van der Waals surface area (Å²) in [5.74, 6) is -0.442. The highest BCUT2D eigenvalue weighted by atomic mass is 19.1. The third-order valence-electron chi connectivity index (χ3n) is 2.07. The predicted molar refractivity (Wildman–Crippen MR) is 56.0 cm³/mol. The molecular formula is C10H14FN3O. The van der Waals surface area contributed by atoms with E-state index >= 15 is 0 Å². The van der Waals surface area contributed by atoms with E-state index < -0.39 is 5.82 Å². The summed E-state index contributed by atoms with van der Waals surface area (Å²) in [6, 6.07) is 2.80. The normalized spacial score (nSPS) is 9.80. The van der Waals surface area contributed by atoms with Crippen LogP contribution in [-0.2, 0) is 4.79 Å². The summed E-state index contributed by atoms with van der Waals surface area (Å²) >= 11 is 0. The van der Waals surface area contributed by atoms with Crippen LogP contribution in [0.1, 0.15) is 6.92 Å². The number of pyridine rings is 1. The Labute approximate surface area is 88.1 Å². The van der Waals surface area contributed by atoms with Crippen molar-refractivity contribution in [3.8, 4) is 0 Å². The number of carbonyl (C=O) groups excluding carboxylic acids is 1. The molecule has 1 aromatic rings. The zero-order valence-corrected chi connectivity index (χ0v) is 8.83. The summed E-state index contributed by atoms with van der Waals surface area (Å²) < 4.78 is 13.1. The van der Waals surface area contributed by atoms with Gasteiger partial charge in [0.15, 0.2) is 11.6 Å². The minimum Gasteiger partial charge on any atom is -0.359 e. The van der Waals surface area contributed by atoms with E-state index in [4.69, 9.17) is 0 Å². The second-order valence-electron chi connectivity index (χ2n) is 3.10. The molecule has 0 radical (unpaired) electrons. The summed E-state index contributed by atoms with van der Waals surface area (Å²) in [7, 11) is 1.69. The van der Waals surface area contributed by atoms with Crippen molar-refractivity contribution in [3.63, 3.8) is 0 Å². The van der Waals surface area contributed by atoms with Gasteiger partial charge < -0.3 is 10.2 Å². The van der Waals surface area contributed by atoms with E-state index in [-0.39, 0.29) is 18.3 Å². The van der Waals surface area contributed by atoms with Gasteiger partial charge in [-0.15, -0.1) is 0 Å². The second kappa shape index (κ2) is 5.29. The van der Waals surface area contributed by atoms with Crippen LogP contribution in [0.25, 0.3) is 0 Å². The molecule has 0 aromatic carbocycles. The van der Waals surface area contributed by atoms with Crippen LogP contribution < -0.4 is 5.32 Å². The van der Waals surface area contributed by atoms with E-state index in [1.54, 1.807) is 11.9 Å². The van der Waals surface area contributed by atoms with Crippen molar-refractivity contribution in [3.05, 3.63) is 24.1 Å². The predicted octanol–water partition coefficient (Wildman–Crippen LogP) is 1.11. The first-order valence-electron chi connectivity index (χ1n) is 4.73. The lowest BCUT2D eigenvalue weighted by molar-refractivity contribution is -0.127. The number of carbonyl (C=O) groups is 1. The first-order chi connectivity index (χ1) is 7.15. The van der Waals surface area contributed by atoms with Crippen LogP contribution in [0.15, 0.2) is 18.3 Å². The Kier molecular flexibility index (Phi) is 4.03. The minimum absolute atomic E-state index is 0.0538. The second-order valence-corrected chi connectivity index (χ2v) is 3.10. The number of rotatable bonds is 4. The monoisotopic (exact) mass is 211 g/mol. The third kappa shape index (κ3) is 3.19. The Balaban J connectivity index is 2.51. The fraction of sp³-hybridized carbons (Fsp3) is 0.400. The van der Waals surface area contributed by atoms with E-state index in [2.05, 4.69) is 10.3 Å². The van der Waals surface area contributed by atoms with Gasteiger partial charge in [-0.1, -0.05) is 0 Å². The Bertz CT molecular complexity index is 343. The highest BCUT2D eigenvalue weighted by Gasteiger charge is 2.07. The SMILES string of the molecule is CCN(C)C(=O)CNc1ncccc1F. The zero-order valence-electron chi connectivity index (χ0n) is 8.83. The zero-order chi connectivity index (χ0) is 11.3. The molecule has 1 aromatic heterocycles.